The lowest BCUT2D eigenvalue weighted by molar-refractivity contribution is -0.137. The standard InChI is InChI=1S/C29H26F3NO4/c1-16(2)22-15-18(9-14-23(22)37-4)26(34)24-25(21-8-6-5-7-17(21)3)33(28(36)27(24)35)20-12-10-19(11-13-20)29(30,31)32/h5-16,25,34H,1-4H3/b26-24+. The number of amides is 1. The lowest BCUT2D eigenvalue weighted by atomic mass is 9.91. The first kappa shape index (κ1) is 26.0. The minimum absolute atomic E-state index is 0.0458. The molecule has 1 fully saturated rings. The molecule has 1 saturated heterocycles. The van der Waals surface area contributed by atoms with Crippen LogP contribution in [0.5, 0.6) is 5.75 Å². The first-order valence-electron chi connectivity index (χ1n) is 11.7. The van der Waals surface area contributed by atoms with Gasteiger partial charge >= 0.3 is 6.18 Å². The third-order valence-corrected chi connectivity index (χ3v) is 6.53. The molecule has 4 rings (SSSR count). The third kappa shape index (κ3) is 4.71. The molecule has 37 heavy (non-hydrogen) atoms. The summed E-state index contributed by atoms with van der Waals surface area (Å²) >= 11 is 0. The minimum Gasteiger partial charge on any atom is -0.507 e. The largest absolute Gasteiger partial charge is 0.507 e. The van der Waals surface area contributed by atoms with Crippen molar-refractivity contribution in [3.05, 3.63) is 100 Å². The molecule has 3 aromatic rings. The number of carbonyl (C=O) groups excluding carboxylic acids is 2. The van der Waals surface area contributed by atoms with Gasteiger partial charge in [0.15, 0.2) is 0 Å². The normalized spacial score (nSPS) is 17.5. The Labute approximate surface area is 212 Å². The summed E-state index contributed by atoms with van der Waals surface area (Å²) in [5.41, 5.74) is 1.54. The van der Waals surface area contributed by atoms with Crippen molar-refractivity contribution in [2.45, 2.75) is 38.9 Å². The second-order valence-corrected chi connectivity index (χ2v) is 9.18. The van der Waals surface area contributed by atoms with E-state index in [0.29, 0.717) is 16.9 Å². The van der Waals surface area contributed by atoms with Crippen LogP contribution in [-0.2, 0) is 15.8 Å². The molecular formula is C29H26F3NO4. The number of ketones is 1. The van der Waals surface area contributed by atoms with Crippen molar-refractivity contribution in [1.82, 2.24) is 0 Å². The van der Waals surface area contributed by atoms with E-state index in [4.69, 9.17) is 4.74 Å². The molecular weight excluding hydrogens is 483 g/mol. The van der Waals surface area contributed by atoms with Gasteiger partial charge in [-0.3, -0.25) is 14.5 Å². The number of Topliss-reactive ketones (excluding diaryl/α,β-unsaturated/α-hetero) is 1. The van der Waals surface area contributed by atoms with Crippen molar-refractivity contribution in [2.24, 2.45) is 0 Å². The number of ether oxygens (including phenoxy) is 1. The number of halogens is 3. The topological polar surface area (TPSA) is 66.8 Å². The van der Waals surface area contributed by atoms with Gasteiger partial charge in [0, 0.05) is 11.3 Å². The van der Waals surface area contributed by atoms with Crippen LogP contribution in [0.3, 0.4) is 0 Å². The number of alkyl halides is 3. The Bertz CT molecular complexity index is 1390. The molecule has 0 radical (unpaired) electrons. The number of aliphatic hydroxyl groups excluding tert-OH is 1. The van der Waals surface area contributed by atoms with Crippen LogP contribution >= 0.6 is 0 Å². The summed E-state index contributed by atoms with van der Waals surface area (Å²) in [6.45, 7) is 5.71. The Morgan fingerprint density at radius 3 is 2.22 bits per heavy atom. The number of rotatable bonds is 5. The van der Waals surface area contributed by atoms with E-state index in [1.165, 1.54) is 7.11 Å². The fraction of sp³-hybridized carbons (Fsp3) is 0.241. The lowest BCUT2D eigenvalue weighted by Gasteiger charge is -2.27. The predicted molar refractivity (Wildman–Crippen MR) is 134 cm³/mol. The summed E-state index contributed by atoms with van der Waals surface area (Å²) in [7, 11) is 1.54. The summed E-state index contributed by atoms with van der Waals surface area (Å²) in [5, 5.41) is 11.4. The van der Waals surface area contributed by atoms with E-state index in [-0.39, 0.29) is 22.9 Å². The molecule has 1 amide bonds. The quantitative estimate of drug-likeness (QED) is 0.234. The zero-order valence-electron chi connectivity index (χ0n) is 20.8. The summed E-state index contributed by atoms with van der Waals surface area (Å²) in [6, 6.07) is 15.0. The first-order chi connectivity index (χ1) is 17.5. The van der Waals surface area contributed by atoms with E-state index < -0.39 is 29.5 Å². The highest BCUT2D eigenvalue weighted by molar-refractivity contribution is 6.51. The highest BCUT2D eigenvalue weighted by Gasteiger charge is 2.47. The zero-order chi connectivity index (χ0) is 27.1. The fourth-order valence-electron chi connectivity index (χ4n) is 4.59. The molecule has 1 aliphatic rings. The lowest BCUT2D eigenvalue weighted by Crippen LogP contribution is -2.29. The van der Waals surface area contributed by atoms with Crippen molar-refractivity contribution < 1.29 is 32.6 Å². The number of hydrogen-bond donors (Lipinski definition) is 1. The maximum atomic E-state index is 13.4. The van der Waals surface area contributed by atoms with E-state index in [1.807, 2.05) is 13.8 Å². The SMILES string of the molecule is COc1ccc(/C(O)=C2\C(=O)C(=O)N(c3ccc(C(F)(F)F)cc3)C2c2ccccc2C)cc1C(C)C. The van der Waals surface area contributed by atoms with E-state index in [1.54, 1.807) is 49.4 Å². The number of nitrogens with zero attached hydrogens (tertiary/aromatic N) is 1. The Hall–Kier alpha value is -4.07. The Morgan fingerprint density at radius 2 is 1.65 bits per heavy atom. The number of aliphatic hydroxyl groups is 1. The first-order valence-corrected chi connectivity index (χ1v) is 11.7. The van der Waals surface area contributed by atoms with E-state index in [9.17, 15) is 27.9 Å². The van der Waals surface area contributed by atoms with E-state index in [0.717, 1.165) is 40.3 Å². The Morgan fingerprint density at radius 1 is 1.00 bits per heavy atom. The molecule has 5 nitrogen and oxygen atoms in total. The van der Waals surface area contributed by atoms with Gasteiger partial charge in [-0.05, 0) is 72.0 Å². The van der Waals surface area contributed by atoms with Crippen LogP contribution in [0.15, 0.2) is 72.3 Å². The number of hydrogen-bond acceptors (Lipinski definition) is 4. The van der Waals surface area contributed by atoms with Gasteiger partial charge in [-0.2, -0.15) is 13.2 Å². The Kier molecular flexibility index (Phi) is 6.86. The van der Waals surface area contributed by atoms with E-state index in [2.05, 4.69) is 0 Å². The van der Waals surface area contributed by atoms with E-state index >= 15 is 0 Å². The number of carbonyl (C=O) groups is 2. The molecule has 3 aromatic carbocycles. The molecule has 0 aromatic heterocycles. The average molecular weight is 510 g/mol. The summed E-state index contributed by atoms with van der Waals surface area (Å²) in [6.07, 6.45) is -4.55. The van der Waals surface area contributed by atoms with Crippen molar-refractivity contribution in [3.63, 3.8) is 0 Å². The van der Waals surface area contributed by atoms with Gasteiger partial charge in [-0.25, -0.2) is 0 Å². The van der Waals surface area contributed by atoms with Crippen molar-refractivity contribution in [2.75, 3.05) is 12.0 Å². The molecule has 1 aliphatic heterocycles. The van der Waals surface area contributed by atoms with Gasteiger partial charge in [-0.15, -0.1) is 0 Å². The molecule has 1 unspecified atom stereocenters. The second kappa shape index (κ2) is 9.76. The van der Waals surface area contributed by atoms with Gasteiger partial charge in [0.2, 0.25) is 0 Å². The van der Waals surface area contributed by atoms with Gasteiger partial charge in [-0.1, -0.05) is 38.1 Å². The average Bonchev–Trinajstić information content (AvgIpc) is 3.13. The molecule has 0 spiro atoms. The van der Waals surface area contributed by atoms with Crippen LogP contribution in [0.25, 0.3) is 5.76 Å². The van der Waals surface area contributed by atoms with Crippen LogP contribution < -0.4 is 9.64 Å². The van der Waals surface area contributed by atoms with Gasteiger partial charge < -0.3 is 9.84 Å². The molecule has 0 bridgehead atoms. The third-order valence-electron chi connectivity index (χ3n) is 6.53. The summed E-state index contributed by atoms with van der Waals surface area (Å²) in [5.74, 6) is -1.57. The number of anilines is 1. The molecule has 0 aliphatic carbocycles. The van der Waals surface area contributed by atoms with Gasteiger partial charge in [0.05, 0.1) is 24.3 Å². The molecule has 1 atom stereocenters. The molecule has 1 N–H and O–H groups in total. The fourth-order valence-corrected chi connectivity index (χ4v) is 4.59. The van der Waals surface area contributed by atoms with Crippen LogP contribution in [-0.4, -0.2) is 23.9 Å². The summed E-state index contributed by atoms with van der Waals surface area (Å²) in [4.78, 5) is 27.8. The highest BCUT2D eigenvalue weighted by atomic mass is 19.4. The van der Waals surface area contributed by atoms with Crippen LogP contribution in [0.4, 0.5) is 18.9 Å². The molecule has 192 valence electrons. The van der Waals surface area contributed by atoms with Crippen molar-refractivity contribution >= 4 is 23.1 Å². The molecule has 1 heterocycles. The highest BCUT2D eigenvalue weighted by Crippen LogP contribution is 2.44. The predicted octanol–water partition coefficient (Wildman–Crippen LogP) is 6.77. The van der Waals surface area contributed by atoms with Gasteiger partial charge in [0.1, 0.15) is 11.5 Å². The van der Waals surface area contributed by atoms with Crippen LogP contribution in [0.2, 0.25) is 0 Å². The molecule has 0 saturated carbocycles. The number of methoxy groups -OCH3 is 1. The maximum Gasteiger partial charge on any atom is 0.416 e. The van der Waals surface area contributed by atoms with Crippen molar-refractivity contribution in [1.29, 1.82) is 0 Å². The van der Waals surface area contributed by atoms with Crippen molar-refractivity contribution in [3.8, 4) is 5.75 Å². The van der Waals surface area contributed by atoms with Crippen LogP contribution in [0.1, 0.15) is 53.6 Å². The number of aryl methyl sites for hydroxylation is 1. The summed E-state index contributed by atoms with van der Waals surface area (Å²) < 4.78 is 44.8. The minimum atomic E-state index is -4.55. The second-order valence-electron chi connectivity index (χ2n) is 9.18. The number of benzene rings is 3. The maximum absolute atomic E-state index is 13.4. The molecule has 8 heteroatoms. The monoisotopic (exact) mass is 509 g/mol. The van der Waals surface area contributed by atoms with Crippen LogP contribution in [0, 0.1) is 6.92 Å². The Balaban J connectivity index is 1.94. The smallest absolute Gasteiger partial charge is 0.416 e. The van der Waals surface area contributed by atoms with Gasteiger partial charge in [0.25, 0.3) is 11.7 Å². The zero-order valence-corrected chi connectivity index (χ0v) is 20.8.